The Morgan fingerprint density at radius 1 is 0.843 bits per heavy atom. The predicted molar refractivity (Wildman–Crippen MR) is 193 cm³/mol. The molecule has 1 aliphatic heterocycles. The second-order valence-corrected chi connectivity index (χ2v) is 13.6. The molecule has 3 rings (SSSR count). The van der Waals surface area contributed by atoms with Gasteiger partial charge in [0.05, 0.1) is 6.61 Å². The van der Waals surface area contributed by atoms with E-state index in [4.69, 9.17) is 11.5 Å². The number of carbonyl (C=O) groups excluding carboxylic acids is 4. The first kappa shape index (κ1) is 40.9. The largest absolute Gasteiger partial charge is 0.480 e. The summed E-state index contributed by atoms with van der Waals surface area (Å²) in [5.74, 6) is -2.61. The van der Waals surface area contributed by atoms with Gasteiger partial charge < -0.3 is 47.4 Å². The lowest BCUT2D eigenvalue weighted by molar-refractivity contribution is -0.148. The highest BCUT2D eigenvalue weighted by atomic mass is 16.4. The third kappa shape index (κ3) is 12.9. The van der Waals surface area contributed by atoms with Crippen LogP contribution in [0.3, 0.4) is 0 Å². The van der Waals surface area contributed by atoms with Crippen LogP contribution in [0.15, 0.2) is 60.7 Å². The summed E-state index contributed by atoms with van der Waals surface area (Å²) in [5, 5.41) is 27.8. The molecule has 3 atom stereocenters. The molecule has 0 unspecified atom stereocenters. The summed E-state index contributed by atoms with van der Waals surface area (Å²) in [6, 6.07) is 14.9. The number of carboxylic acid groups (broad SMARTS) is 1. The lowest BCUT2D eigenvalue weighted by Gasteiger charge is -2.38. The number of hydrogen-bond donors (Lipinski definition) is 7. The molecule has 2 aromatic carbocycles. The minimum Gasteiger partial charge on any atom is -0.480 e. The molecule has 9 N–H and O–H groups in total. The van der Waals surface area contributed by atoms with Crippen LogP contribution < -0.4 is 27.4 Å². The number of nitrogens with zero attached hydrogens (tertiary/aromatic N) is 2. The number of carboxylic acids is 1. The van der Waals surface area contributed by atoms with Gasteiger partial charge in [0.2, 0.25) is 17.7 Å². The lowest BCUT2D eigenvalue weighted by atomic mass is 9.88. The number of amides is 5. The van der Waals surface area contributed by atoms with Crippen LogP contribution in [-0.2, 0) is 32.1 Å². The third-order valence-corrected chi connectivity index (χ3v) is 9.07. The number of nitrogens with one attached hydrogen (secondary N) is 3. The molecule has 51 heavy (non-hydrogen) atoms. The molecule has 14 heteroatoms. The Labute approximate surface area is 300 Å². The fourth-order valence-corrected chi connectivity index (χ4v) is 6.03. The highest BCUT2D eigenvalue weighted by Gasteiger charge is 2.40. The van der Waals surface area contributed by atoms with Gasteiger partial charge in [0.25, 0.3) is 0 Å². The molecule has 0 radical (unpaired) electrons. The van der Waals surface area contributed by atoms with E-state index in [2.05, 4.69) is 16.0 Å². The van der Waals surface area contributed by atoms with E-state index in [1.165, 1.54) is 9.80 Å². The van der Waals surface area contributed by atoms with Crippen molar-refractivity contribution in [2.45, 2.75) is 89.0 Å². The Bertz CT molecular complexity index is 1420. The second-order valence-electron chi connectivity index (χ2n) is 13.6. The van der Waals surface area contributed by atoms with Gasteiger partial charge in [-0.25, -0.2) is 4.79 Å². The fourth-order valence-electron chi connectivity index (χ4n) is 6.03. The molecule has 5 amide bonds. The average Bonchev–Trinajstić information content (AvgIpc) is 3.11. The van der Waals surface area contributed by atoms with Gasteiger partial charge in [-0.2, -0.15) is 0 Å². The molecule has 14 nitrogen and oxygen atoms in total. The summed E-state index contributed by atoms with van der Waals surface area (Å²) in [6.45, 7) is 4.47. The Morgan fingerprint density at radius 3 is 1.96 bits per heavy atom. The second kappa shape index (κ2) is 20.4. The SMILES string of the molecule is CC(C)C[C@@H](NC(=O)[C@@H](Cc1ccccc1)NC(=O)N(CCO)Cc1ccccc1)C(=O)N[C@H](CCCCN)C(=O)N1CCC(N)(C(=O)O)CC1. The van der Waals surface area contributed by atoms with Gasteiger partial charge in [0.15, 0.2) is 0 Å². The normalized spacial score (nSPS) is 15.7. The monoisotopic (exact) mass is 709 g/mol. The smallest absolute Gasteiger partial charge is 0.323 e. The van der Waals surface area contributed by atoms with Crippen LogP contribution in [0.5, 0.6) is 0 Å². The van der Waals surface area contributed by atoms with Crippen LogP contribution in [0.4, 0.5) is 4.79 Å². The number of benzene rings is 2. The Morgan fingerprint density at radius 2 is 1.41 bits per heavy atom. The van der Waals surface area contributed by atoms with Crippen LogP contribution in [0, 0.1) is 5.92 Å². The van der Waals surface area contributed by atoms with Gasteiger partial charge in [-0.15, -0.1) is 0 Å². The minimum atomic E-state index is -1.41. The summed E-state index contributed by atoms with van der Waals surface area (Å²) in [6.07, 6.45) is 2.07. The zero-order valence-electron chi connectivity index (χ0n) is 29.8. The number of likely N-dealkylation sites (tertiary alicyclic amines) is 1. The van der Waals surface area contributed by atoms with E-state index in [1.807, 2.05) is 74.5 Å². The van der Waals surface area contributed by atoms with Crippen molar-refractivity contribution >= 4 is 29.7 Å². The summed E-state index contributed by atoms with van der Waals surface area (Å²) < 4.78 is 0. The molecule has 0 spiro atoms. The molecule has 1 aliphatic rings. The molecule has 1 saturated heterocycles. The standard InChI is InChI=1S/C37H55N7O7/c1-26(2)23-30(32(46)40-29(15-9-10-18-38)34(48)43-19-16-37(39,17-20-43)35(49)50)41-33(47)31(24-27-11-5-3-6-12-27)42-36(51)44(21-22-45)25-28-13-7-4-8-14-28/h3-8,11-14,26,29-31,45H,9-10,15-25,38-39H2,1-2H3,(H,40,46)(H,41,47)(H,42,51)(H,49,50)/t29-,30-,31-/m1/s1. The van der Waals surface area contributed by atoms with Crippen LogP contribution in [0.25, 0.3) is 0 Å². The van der Waals surface area contributed by atoms with E-state index in [0.717, 1.165) is 11.1 Å². The quantitative estimate of drug-likeness (QED) is 0.105. The maximum absolute atomic E-state index is 14.0. The van der Waals surface area contributed by atoms with Crippen molar-refractivity contribution in [1.82, 2.24) is 25.8 Å². The first-order chi connectivity index (χ1) is 24.4. The number of rotatable bonds is 19. The van der Waals surface area contributed by atoms with E-state index in [1.54, 1.807) is 0 Å². The molecule has 0 saturated carbocycles. The van der Waals surface area contributed by atoms with Crippen molar-refractivity contribution in [2.75, 3.05) is 32.8 Å². The molecule has 2 aromatic rings. The van der Waals surface area contributed by atoms with Crippen molar-refractivity contribution in [3.05, 3.63) is 71.8 Å². The molecule has 280 valence electrons. The van der Waals surface area contributed by atoms with Gasteiger partial charge in [0, 0.05) is 32.6 Å². The van der Waals surface area contributed by atoms with Crippen LogP contribution in [0.1, 0.15) is 63.5 Å². The topological polar surface area (TPSA) is 220 Å². The Hall–Kier alpha value is -4.53. The zero-order valence-corrected chi connectivity index (χ0v) is 29.8. The third-order valence-electron chi connectivity index (χ3n) is 9.07. The molecule has 0 aliphatic carbocycles. The zero-order chi connectivity index (χ0) is 37.4. The summed E-state index contributed by atoms with van der Waals surface area (Å²) >= 11 is 0. The van der Waals surface area contributed by atoms with Crippen LogP contribution in [0.2, 0.25) is 0 Å². The van der Waals surface area contributed by atoms with Crippen molar-refractivity contribution in [1.29, 1.82) is 0 Å². The number of carbonyl (C=O) groups is 5. The first-order valence-corrected chi connectivity index (χ1v) is 17.7. The van der Waals surface area contributed by atoms with Crippen LogP contribution in [-0.4, -0.2) is 106 Å². The number of aliphatic hydroxyl groups excluding tert-OH is 1. The van der Waals surface area contributed by atoms with E-state index >= 15 is 0 Å². The van der Waals surface area contributed by atoms with Crippen molar-refractivity contribution < 1.29 is 34.2 Å². The van der Waals surface area contributed by atoms with E-state index in [0.29, 0.717) is 25.8 Å². The van der Waals surface area contributed by atoms with Gasteiger partial charge in [-0.1, -0.05) is 74.5 Å². The van der Waals surface area contributed by atoms with E-state index in [-0.39, 0.29) is 70.3 Å². The predicted octanol–water partition coefficient (Wildman–Crippen LogP) is 1.35. The molecule has 1 heterocycles. The number of piperidine rings is 1. The number of aliphatic hydroxyl groups is 1. The number of urea groups is 1. The summed E-state index contributed by atoms with van der Waals surface area (Å²) in [5.41, 5.74) is 11.9. The van der Waals surface area contributed by atoms with Gasteiger partial charge in [0.1, 0.15) is 23.7 Å². The summed E-state index contributed by atoms with van der Waals surface area (Å²) in [4.78, 5) is 69.7. The van der Waals surface area contributed by atoms with Gasteiger partial charge >= 0.3 is 12.0 Å². The number of hydrogen-bond acceptors (Lipinski definition) is 8. The van der Waals surface area contributed by atoms with E-state index in [9.17, 15) is 34.2 Å². The fraction of sp³-hybridized carbons (Fsp3) is 0.541. The van der Waals surface area contributed by atoms with Gasteiger partial charge in [-0.3, -0.25) is 19.2 Å². The molecule has 1 fully saturated rings. The average molecular weight is 710 g/mol. The molecular formula is C37H55N7O7. The van der Waals surface area contributed by atoms with Crippen molar-refractivity contribution in [3.63, 3.8) is 0 Å². The minimum absolute atomic E-state index is 0.0173. The van der Waals surface area contributed by atoms with E-state index < -0.39 is 47.5 Å². The highest BCUT2D eigenvalue weighted by Crippen LogP contribution is 2.21. The van der Waals surface area contributed by atoms with Crippen LogP contribution >= 0.6 is 0 Å². The molecular weight excluding hydrogens is 654 g/mol. The molecule has 0 bridgehead atoms. The van der Waals surface area contributed by atoms with Crippen molar-refractivity contribution in [2.24, 2.45) is 17.4 Å². The maximum Gasteiger partial charge on any atom is 0.323 e. The highest BCUT2D eigenvalue weighted by molar-refractivity contribution is 5.94. The summed E-state index contributed by atoms with van der Waals surface area (Å²) in [7, 11) is 0. The Kier molecular flexibility index (Phi) is 16.3. The number of nitrogens with two attached hydrogens (primary N) is 2. The Balaban J connectivity index is 1.80. The number of unbranched alkanes of at least 4 members (excludes halogenated alkanes) is 1. The lowest BCUT2D eigenvalue weighted by Crippen LogP contribution is -2.60. The van der Waals surface area contributed by atoms with Gasteiger partial charge in [-0.05, 0) is 62.1 Å². The number of aliphatic carboxylic acids is 1. The molecule has 0 aromatic heterocycles. The maximum atomic E-state index is 14.0. The first-order valence-electron chi connectivity index (χ1n) is 17.7. The van der Waals surface area contributed by atoms with Crippen molar-refractivity contribution in [3.8, 4) is 0 Å².